The number of pyridine rings is 2. The molecule has 0 aromatic carbocycles. The number of nitrogens with zero attached hydrogens (tertiary/aromatic N) is 4. The molecule has 3 aromatic heterocycles. The Morgan fingerprint density at radius 2 is 2.00 bits per heavy atom. The van der Waals surface area contributed by atoms with E-state index in [1.54, 1.807) is 24.5 Å². The minimum atomic E-state index is 0.0925. The molecule has 0 aliphatic carbocycles. The molecule has 23 heavy (non-hydrogen) atoms. The summed E-state index contributed by atoms with van der Waals surface area (Å²) in [6.45, 7) is 1.57. The molecule has 5 nitrogen and oxygen atoms in total. The summed E-state index contributed by atoms with van der Waals surface area (Å²) in [7, 11) is 0. The molecule has 0 saturated carbocycles. The zero-order valence-corrected chi connectivity index (χ0v) is 12.8. The van der Waals surface area contributed by atoms with Gasteiger partial charge in [-0.2, -0.15) is 0 Å². The van der Waals surface area contributed by atoms with Gasteiger partial charge in [0.15, 0.2) is 0 Å². The second-order valence-electron chi connectivity index (χ2n) is 5.93. The summed E-state index contributed by atoms with van der Waals surface area (Å²) in [6.07, 6.45) is 9.27. The maximum Gasteiger partial charge on any atom is 0.253 e. The lowest BCUT2D eigenvalue weighted by Gasteiger charge is -2.33. The summed E-state index contributed by atoms with van der Waals surface area (Å²) >= 11 is 0. The van der Waals surface area contributed by atoms with Crippen LogP contribution in [0.3, 0.4) is 0 Å². The minimum absolute atomic E-state index is 0.0925. The monoisotopic (exact) mass is 306 g/mol. The van der Waals surface area contributed by atoms with E-state index >= 15 is 0 Å². The molecule has 1 fully saturated rings. The van der Waals surface area contributed by atoms with Crippen molar-refractivity contribution in [3.8, 4) is 0 Å². The van der Waals surface area contributed by atoms with Crippen molar-refractivity contribution in [3.05, 3.63) is 66.4 Å². The minimum Gasteiger partial charge on any atom is -0.338 e. The summed E-state index contributed by atoms with van der Waals surface area (Å²) in [4.78, 5) is 23.0. The van der Waals surface area contributed by atoms with E-state index in [0.29, 0.717) is 11.5 Å². The van der Waals surface area contributed by atoms with Crippen molar-refractivity contribution in [2.24, 2.45) is 0 Å². The topological polar surface area (TPSA) is 50.5 Å². The predicted molar refractivity (Wildman–Crippen MR) is 87.3 cm³/mol. The van der Waals surface area contributed by atoms with Crippen molar-refractivity contribution in [2.75, 3.05) is 13.1 Å². The number of fused-ring (bicyclic) bond motifs is 1. The van der Waals surface area contributed by atoms with E-state index in [4.69, 9.17) is 0 Å². The molecule has 116 valence electrons. The van der Waals surface area contributed by atoms with Gasteiger partial charge in [-0.05, 0) is 37.1 Å². The first kappa shape index (κ1) is 13.9. The fourth-order valence-corrected chi connectivity index (χ4v) is 3.38. The van der Waals surface area contributed by atoms with E-state index in [9.17, 15) is 4.79 Å². The Bertz CT molecular complexity index is 827. The van der Waals surface area contributed by atoms with Crippen LogP contribution in [0, 0.1) is 0 Å². The maximum atomic E-state index is 12.7. The van der Waals surface area contributed by atoms with E-state index in [1.807, 2.05) is 29.4 Å². The van der Waals surface area contributed by atoms with Gasteiger partial charge in [0.1, 0.15) is 5.65 Å². The zero-order chi connectivity index (χ0) is 15.6. The summed E-state index contributed by atoms with van der Waals surface area (Å²) in [5.74, 6) is 0.433. The van der Waals surface area contributed by atoms with Crippen LogP contribution in [0.4, 0.5) is 0 Å². The molecule has 1 saturated heterocycles. The highest BCUT2D eigenvalue weighted by atomic mass is 16.2. The van der Waals surface area contributed by atoms with Crippen molar-refractivity contribution in [1.29, 1.82) is 0 Å². The normalized spacial score (nSPS) is 18.3. The molecule has 1 aliphatic rings. The average molecular weight is 306 g/mol. The highest BCUT2D eigenvalue weighted by molar-refractivity contribution is 5.94. The Balaban J connectivity index is 1.60. The van der Waals surface area contributed by atoms with Crippen molar-refractivity contribution in [1.82, 2.24) is 19.3 Å². The third-order valence-corrected chi connectivity index (χ3v) is 4.51. The van der Waals surface area contributed by atoms with Crippen LogP contribution < -0.4 is 0 Å². The smallest absolute Gasteiger partial charge is 0.253 e. The van der Waals surface area contributed by atoms with Crippen LogP contribution in [-0.2, 0) is 0 Å². The van der Waals surface area contributed by atoms with E-state index in [2.05, 4.69) is 20.4 Å². The molecule has 0 radical (unpaired) electrons. The van der Waals surface area contributed by atoms with Crippen LogP contribution in [0.15, 0.2) is 55.1 Å². The first-order valence-corrected chi connectivity index (χ1v) is 7.94. The Morgan fingerprint density at radius 3 is 2.87 bits per heavy atom. The van der Waals surface area contributed by atoms with Crippen LogP contribution in [0.25, 0.3) is 5.65 Å². The van der Waals surface area contributed by atoms with E-state index in [1.165, 1.54) is 5.69 Å². The number of hydrogen-bond donors (Lipinski definition) is 0. The Morgan fingerprint density at radius 1 is 1.13 bits per heavy atom. The van der Waals surface area contributed by atoms with Crippen molar-refractivity contribution < 1.29 is 4.79 Å². The van der Waals surface area contributed by atoms with Gasteiger partial charge >= 0.3 is 0 Å². The van der Waals surface area contributed by atoms with E-state index < -0.39 is 0 Å². The Kier molecular flexibility index (Phi) is 3.54. The molecule has 1 atom stereocenters. The number of rotatable bonds is 2. The molecule has 0 bridgehead atoms. The van der Waals surface area contributed by atoms with Gasteiger partial charge in [-0.15, -0.1) is 0 Å². The third kappa shape index (κ3) is 2.59. The second-order valence-corrected chi connectivity index (χ2v) is 5.93. The summed E-state index contributed by atoms with van der Waals surface area (Å²) in [5, 5.41) is 0. The number of likely N-dealkylation sites (tertiary alicyclic amines) is 1. The molecule has 1 unspecified atom stereocenters. The SMILES string of the molecule is O=C(c1ccncc1)N1CCCC(c2cccc3nccn23)C1. The van der Waals surface area contributed by atoms with Gasteiger partial charge in [0.25, 0.3) is 5.91 Å². The summed E-state index contributed by atoms with van der Waals surface area (Å²) < 4.78 is 2.13. The molecule has 1 amide bonds. The fraction of sp³-hybridized carbons (Fsp3) is 0.278. The van der Waals surface area contributed by atoms with Gasteiger partial charge < -0.3 is 9.30 Å². The van der Waals surface area contributed by atoms with Crippen molar-refractivity contribution in [3.63, 3.8) is 0 Å². The molecular formula is C18H18N4O. The van der Waals surface area contributed by atoms with Crippen molar-refractivity contribution >= 4 is 11.6 Å². The summed E-state index contributed by atoms with van der Waals surface area (Å²) in [5.41, 5.74) is 2.90. The van der Waals surface area contributed by atoms with Crippen molar-refractivity contribution in [2.45, 2.75) is 18.8 Å². The first-order valence-electron chi connectivity index (χ1n) is 7.94. The van der Waals surface area contributed by atoms with Gasteiger partial charge in [-0.25, -0.2) is 4.98 Å². The number of amides is 1. The van der Waals surface area contributed by atoms with Crippen LogP contribution in [-0.4, -0.2) is 38.3 Å². The number of aromatic nitrogens is 3. The quantitative estimate of drug-likeness (QED) is 0.731. The number of carbonyl (C=O) groups excluding carboxylic acids is 1. The lowest BCUT2D eigenvalue weighted by molar-refractivity contribution is 0.0705. The van der Waals surface area contributed by atoms with Gasteiger partial charge in [0.2, 0.25) is 0 Å². The molecule has 3 aromatic rings. The second kappa shape index (κ2) is 5.83. The maximum absolute atomic E-state index is 12.7. The fourth-order valence-electron chi connectivity index (χ4n) is 3.38. The van der Waals surface area contributed by atoms with Crippen LogP contribution in [0.1, 0.15) is 34.8 Å². The van der Waals surface area contributed by atoms with Gasteiger partial charge in [0, 0.05) is 55.1 Å². The lowest BCUT2D eigenvalue weighted by atomic mass is 9.93. The molecule has 4 heterocycles. The highest BCUT2D eigenvalue weighted by Gasteiger charge is 2.26. The number of imidazole rings is 1. The van der Waals surface area contributed by atoms with Crippen LogP contribution >= 0.6 is 0 Å². The molecular weight excluding hydrogens is 288 g/mol. The molecule has 0 spiro atoms. The van der Waals surface area contributed by atoms with Crippen LogP contribution in [0.5, 0.6) is 0 Å². The van der Waals surface area contributed by atoms with Gasteiger partial charge in [-0.1, -0.05) is 6.07 Å². The van der Waals surface area contributed by atoms with Gasteiger partial charge in [-0.3, -0.25) is 9.78 Å². The molecule has 0 N–H and O–H groups in total. The summed E-state index contributed by atoms with van der Waals surface area (Å²) in [6, 6.07) is 9.75. The standard InChI is InChI=1S/C18H18N4O/c23-18(14-6-8-19-9-7-14)21-11-2-3-15(13-21)16-4-1-5-17-20-10-12-22(16)17/h1,4-10,12,15H,2-3,11,13H2. The zero-order valence-electron chi connectivity index (χ0n) is 12.8. The number of hydrogen-bond acceptors (Lipinski definition) is 3. The average Bonchev–Trinajstić information content (AvgIpc) is 3.10. The molecule has 4 rings (SSSR count). The van der Waals surface area contributed by atoms with Gasteiger partial charge in [0.05, 0.1) is 0 Å². The Labute approximate surface area is 134 Å². The van der Waals surface area contributed by atoms with Crippen LogP contribution in [0.2, 0.25) is 0 Å². The number of piperidine rings is 1. The molecule has 1 aliphatic heterocycles. The lowest BCUT2D eigenvalue weighted by Crippen LogP contribution is -2.39. The predicted octanol–water partition coefficient (Wildman–Crippen LogP) is 2.75. The third-order valence-electron chi connectivity index (χ3n) is 4.51. The Hall–Kier alpha value is -2.69. The largest absolute Gasteiger partial charge is 0.338 e. The highest BCUT2D eigenvalue weighted by Crippen LogP contribution is 2.28. The first-order chi connectivity index (χ1) is 11.3. The molecule has 5 heteroatoms. The van der Waals surface area contributed by atoms with E-state index in [-0.39, 0.29) is 5.91 Å². The number of carbonyl (C=O) groups is 1. The van der Waals surface area contributed by atoms with E-state index in [0.717, 1.165) is 31.6 Å².